The maximum absolute atomic E-state index is 3.69. The lowest BCUT2D eigenvalue weighted by molar-refractivity contribution is 0.180. The van der Waals surface area contributed by atoms with Crippen molar-refractivity contribution in [3.63, 3.8) is 0 Å². The summed E-state index contributed by atoms with van der Waals surface area (Å²) in [5.74, 6) is 0.815. The van der Waals surface area contributed by atoms with E-state index in [1.54, 1.807) is 0 Å². The largest absolute Gasteiger partial charge is 0.316 e. The molecule has 0 aromatic rings. The van der Waals surface area contributed by atoms with E-state index < -0.39 is 0 Å². The summed E-state index contributed by atoms with van der Waals surface area (Å²) in [5.41, 5.74) is 0.542. The van der Waals surface area contributed by atoms with Crippen LogP contribution in [0, 0.1) is 11.3 Å². The predicted octanol–water partition coefficient (Wildman–Crippen LogP) is 2.79. The third-order valence-electron chi connectivity index (χ3n) is 4.03. The maximum Gasteiger partial charge on any atom is 0.00201 e. The molecule has 1 aliphatic rings. The number of piperidine rings is 1. The minimum absolute atomic E-state index is 0.542. The van der Waals surface area contributed by atoms with Gasteiger partial charge in [-0.1, -0.05) is 33.6 Å². The fourth-order valence-electron chi connectivity index (χ4n) is 2.74. The zero-order valence-corrected chi connectivity index (χ0v) is 11.4. The van der Waals surface area contributed by atoms with E-state index in [0.717, 1.165) is 5.92 Å². The number of nitrogens with one attached hydrogen (secondary N) is 2. The summed E-state index contributed by atoms with van der Waals surface area (Å²) >= 11 is 0. The Morgan fingerprint density at radius 2 is 2.19 bits per heavy atom. The molecule has 16 heavy (non-hydrogen) atoms. The topological polar surface area (TPSA) is 24.1 Å². The normalized spacial score (nSPS) is 27.9. The number of hydrogen-bond donors (Lipinski definition) is 2. The third-order valence-corrected chi connectivity index (χ3v) is 4.03. The molecule has 1 saturated heterocycles. The van der Waals surface area contributed by atoms with Gasteiger partial charge in [-0.2, -0.15) is 0 Å². The average molecular weight is 226 g/mol. The maximum atomic E-state index is 3.69. The van der Waals surface area contributed by atoms with Crippen LogP contribution in [-0.4, -0.2) is 26.2 Å². The molecule has 0 aromatic heterocycles. The van der Waals surface area contributed by atoms with Gasteiger partial charge in [0.2, 0.25) is 0 Å². The molecule has 0 amide bonds. The Kier molecular flexibility index (Phi) is 6.37. The van der Waals surface area contributed by atoms with E-state index in [4.69, 9.17) is 0 Å². The molecular formula is C14H30N2. The number of rotatable bonds is 7. The van der Waals surface area contributed by atoms with Crippen LogP contribution >= 0.6 is 0 Å². The van der Waals surface area contributed by atoms with Gasteiger partial charge in [0.25, 0.3) is 0 Å². The molecule has 1 rings (SSSR count). The summed E-state index contributed by atoms with van der Waals surface area (Å²) in [5, 5.41) is 7.26. The van der Waals surface area contributed by atoms with Gasteiger partial charge in [-0.25, -0.2) is 0 Å². The first-order valence-corrected chi connectivity index (χ1v) is 7.14. The van der Waals surface area contributed by atoms with Crippen LogP contribution in [0.25, 0.3) is 0 Å². The van der Waals surface area contributed by atoms with Gasteiger partial charge in [-0.15, -0.1) is 0 Å². The molecule has 1 aliphatic heterocycles. The van der Waals surface area contributed by atoms with Crippen molar-refractivity contribution >= 4 is 0 Å². The molecule has 0 aromatic carbocycles. The van der Waals surface area contributed by atoms with Crippen LogP contribution in [0.3, 0.4) is 0 Å². The zero-order chi connectivity index (χ0) is 11.9. The van der Waals surface area contributed by atoms with Gasteiger partial charge < -0.3 is 10.6 Å². The molecule has 0 aliphatic carbocycles. The van der Waals surface area contributed by atoms with Gasteiger partial charge in [0, 0.05) is 13.1 Å². The van der Waals surface area contributed by atoms with Crippen molar-refractivity contribution < 1.29 is 0 Å². The van der Waals surface area contributed by atoms with E-state index in [-0.39, 0.29) is 0 Å². The smallest absolute Gasteiger partial charge is 0.00201 e. The molecule has 96 valence electrons. The van der Waals surface area contributed by atoms with Crippen molar-refractivity contribution in [2.45, 2.75) is 52.9 Å². The molecule has 1 heterocycles. The summed E-state index contributed by atoms with van der Waals surface area (Å²) in [6.07, 6.45) is 6.72. The van der Waals surface area contributed by atoms with Crippen molar-refractivity contribution in [3.8, 4) is 0 Å². The molecule has 0 radical (unpaired) electrons. The molecule has 1 fully saturated rings. The minimum Gasteiger partial charge on any atom is -0.316 e. The summed E-state index contributed by atoms with van der Waals surface area (Å²) in [4.78, 5) is 0. The van der Waals surface area contributed by atoms with E-state index >= 15 is 0 Å². The van der Waals surface area contributed by atoms with Crippen molar-refractivity contribution in [2.75, 3.05) is 26.2 Å². The molecule has 0 saturated carbocycles. The molecular weight excluding hydrogens is 196 g/mol. The highest BCUT2D eigenvalue weighted by molar-refractivity contribution is 4.87. The summed E-state index contributed by atoms with van der Waals surface area (Å²) in [6.45, 7) is 11.7. The zero-order valence-electron chi connectivity index (χ0n) is 11.4. The lowest BCUT2D eigenvalue weighted by Gasteiger charge is -2.38. The van der Waals surface area contributed by atoms with E-state index in [2.05, 4.69) is 31.4 Å². The highest BCUT2D eigenvalue weighted by Gasteiger charge is 2.30. The fraction of sp³-hybridized carbons (Fsp3) is 1.00. The fourth-order valence-corrected chi connectivity index (χ4v) is 2.74. The molecule has 0 bridgehead atoms. The van der Waals surface area contributed by atoms with Crippen LogP contribution in [0.15, 0.2) is 0 Å². The summed E-state index contributed by atoms with van der Waals surface area (Å²) < 4.78 is 0. The van der Waals surface area contributed by atoms with Crippen LogP contribution in [0.5, 0.6) is 0 Å². The van der Waals surface area contributed by atoms with Crippen LogP contribution < -0.4 is 10.6 Å². The van der Waals surface area contributed by atoms with Gasteiger partial charge in [-0.3, -0.25) is 0 Å². The molecule has 2 heteroatoms. The molecule has 0 spiro atoms. The Morgan fingerprint density at radius 3 is 2.75 bits per heavy atom. The van der Waals surface area contributed by atoms with E-state index in [1.165, 1.54) is 58.3 Å². The Balaban J connectivity index is 2.32. The Labute approximate surface area is 102 Å². The second-order valence-corrected chi connectivity index (χ2v) is 5.67. The van der Waals surface area contributed by atoms with Crippen LogP contribution in [0.2, 0.25) is 0 Å². The van der Waals surface area contributed by atoms with Crippen LogP contribution in [0.1, 0.15) is 52.9 Å². The third kappa shape index (κ3) is 4.42. The summed E-state index contributed by atoms with van der Waals surface area (Å²) in [7, 11) is 0. The standard InChI is InChI=1S/C14H30N2/c1-4-7-14(8-6-9-15-11-14)12-16-10-13(3)5-2/h13,15-16H,4-12H2,1-3H3. The SMILES string of the molecule is CCCC1(CNCC(C)CC)CCCNC1. The predicted molar refractivity (Wildman–Crippen MR) is 71.8 cm³/mol. The highest BCUT2D eigenvalue weighted by atomic mass is 14.9. The first kappa shape index (κ1) is 14.0. The molecule has 2 nitrogen and oxygen atoms in total. The second-order valence-electron chi connectivity index (χ2n) is 5.67. The van der Waals surface area contributed by atoms with E-state index in [9.17, 15) is 0 Å². The van der Waals surface area contributed by atoms with Gasteiger partial charge in [-0.05, 0) is 43.7 Å². The lowest BCUT2D eigenvalue weighted by atomic mass is 9.77. The van der Waals surface area contributed by atoms with E-state index in [0.29, 0.717) is 5.41 Å². The quantitative estimate of drug-likeness (QED) is 0.697. The van der Waals surface area contributed by atoms with Crippen molar-refractivity contribution in [1.29, 1.82) is 0 Å². The van der Waals surface area contributed by atoms with Gasteiger partial charge in [0.15, 0.2) is 0 Å². The van der Waals surface area contributed by atoms with Crippen molar-refractivity contribution in [2.24, 2.45) is 11.3 Å². The molecule has 2 N–H and O–H groups in total. The van der Waals surface area contributed by atoms with Gasteiger partial charge in [0.1, 0.15) is 0 Å². The monoisotopic (exact) mass is 226 g/mol. The van der Waals surface area contributed by atoms with Crippen molar-refractivity contribution in [3.05, 3.63) is 0 Å². The molecule has 2 unspecified atom stereocenters. The first-order valence-electron chi connectivity index (χ1n) is 7.14. The van der Waals surface area contributed by atoms with Gasteiger partial charge >= 0.3 is 0 Å². The lowest BCUT2D eigenvalue weighted by Crippen LogP contribution is -2.46. The Morgan fingerprint density at radius 1 is 1.38 bits per heavy atom. The first-order chi connectivity index (χ1) is 7.72. The van der Waals surface area contributed by atoms with E-state index in [1.807, 2.05) is 0 Å². The van der Waals surface area contributed by atoms with Crippen LogP contribution in [-0.2, 0) is 0 Å². The molecule has 2 atom stereocenters. The Bertz CT molecular complexity index is 168. The second kappa shape index (κ2) is 7.29. The van der Waals surface area contributed by atoms with Crippen LogP contribution in [0.4, 0.5) is 0 Å². The average Bonchev–Trinajstić information content (AvgIpc) is 2.30. The summed E-state index contributed by atoms with van der Waals surface area (Å²) in [6, 6.07) is 0. The number of hydrogen-bond acceptors (Lipinski definition) is 2. The Hall–Kier alpha value is -0.0800. The highest BCUT2D eigenvalue weighted by Crippen LogP contribution is 2.30. The minimum atomic E-state index is 0.542. The van der Waals surface area contributed by atoms with Gasteiger partial charge in [0.05, 0.1) is 0 Å². The van der Waals surface area contributed by atoms with Crippen molar-refractivity contribution in [1.82, 2.24) is 10.6 Å².